The zero-order valence-corrected chi connectivity index (χ0v) is 29.1. The Kier molecular flexibility index (Phi) is 7.26. The van der Waals surface area contributed by atoms with Gasteiger partial charge < -0.3 is 9.64 Å². The van der Waals surface area contributed by atoms with Gasteiger partial charge in [-0.25, -0.2) is 0 Å². The van der Waals surface area contributed by atoms with Crippen LogP contribution in [0.5, 0.6) is 11.5 Å². The van der Waals surface area contributed by atoms with E-state index in [2.05, 4.69) is 205 Å². The molecule has 2 nitrogen and oxygen atoms in total. The van der Waals surface area contributed by atoms with Gasteiger partial charge in [0.2, 0.25) is 0 Å². The Balaban J connectivity index is 1.22. The molecule has 0 atom stereocenters. The van der Waals surface area contributed by atoms with Gasteiger partial charge >= 0.3 is 0 Å². The molecule has 52 heavy (non-hydrogen) atoms. The Morgan fingerprint density at radius 1 is 0.385 bits per heavy atom. The van der Waals surface area contributed by atoms with Gasteiger partial charge in [0.25, 0.3) is 0 Å². The molecule has 10 rings (SSSR count). The van der Waals surface area contributed by atoms with Crippen molar-refractivity contribution in [2.45, 2.75) is 5.41 Å². The first-order valence-electron chi connectivity index (χ1n) is 17.7. The molecule has 1 aliphatic rings. The molecule has 2 heterocycles. The zero-order chi connectivity index (χ0) is 34.5. The quantitative estimate of drug-likeness (QED) is 0.173. The molecule has 9 aromatic rings. The van der Waals surface area contributed by atoms with Crippen molar-refractivity contribution in [1.82, 2.24) is 0 Å². The zero-order valence-electron chi connectivity index (χ0n) is 28.3. The van der Waals surface area contributed by atoms with Crippen LogP contribution in [0.4, 0.5) is 17.1 Å². The third-order valence-corrected chi connectivity index (χ3v) is 11.5. The molecule has 3 heteroatoms. The van der Waals surface area contributed by atoms with Crippen molar-refractivity contribution in [3.8, 4) is 22.6 Å². The van der Waals surface area contributed by atoms with E-state index in [1.807, 2.05) is 11.3 Å². The molecule has 246 valence electrons. The summed E-state index contributed by atoms with van der Waals surface area (Å²) in [5.41, 5.74) is 9.70. The van der Waals surface area contributed by atoms with E-state index in [-0.39, 0.29) is 0 Å². The first-order chi connectivity index (χ1) is 25.8. The molecule has 1 aliphatic heterocycles. The molecular weight excluding hydrogens is 651 g/mol. The predicted molar refractivity (Wildman–Crippen MR) is 218 cm³/mol. The Morgan fingerprint density at radius 2 is 0.942 bits per heavy atom. The molecule has 0 amide bonds. The lowest BCUT2D eigenvalue weighted by atomic mass is 9.63. The van der Waals surface area contributed by atoms with Crippen molar-refractivity contribution >= 4 is 48.6 Å². The average Bonchev–Trinajstić information content (AvgIpc) is 3.59. The Labute approximate surface area is 307 Å². The summed E-state index contributed by atoms with van der Waals surface area (Å²) in [6.45, 7) is 0. The van der Waals surface area contributed by atoms with Gasteiger partial charge in [0.05, 0.1) is 5.41 Å². The third kappa shape index (κ3) is 4.85. The third-order valence-electron chi connectivity index (χ3n) is 10.4. The number of nitrogens with zero attached hydrogens (tertiary/aromatic N) is 1. The summed E-state index contributed by atoms with van der Waals surface area (Å²) in [5.74, 6) is 1.75. The lowest BCUT2D eigenvalue weighted by molar-refractivity contribution is 0.434. The van der Waals surface area contributed by atoms with E-state index in [0.717, 1.165) is 39.7 Å². The molecular formula is C49H33NOS. The largest absolute Gasteiger partial charge is 0.457 e. The highest BCUT2D eigenvalue weighted by atomic mass is 32.1. The SMILES string of the molecule is c1ccc(-c2ccc(N(c3cccc(C4(c5ccccc5)c5ccccc5Oc5ccccc54)c3)c3ccc4sc5ccccc5c4c3)cc2)cc1. The number of thiophene rings is 1. The van der Waals surface area contributed by atoms with Gasteiger partial charge in [0, 0.05) is 48.4 Å². The summed E-state index contributed by atoms with van der Waals surface area (Å²) in [4.78, 5) is 2.40. The summed E-state index contributed by atoms with van der Waals surface area (Å²) >= 11 is 1.85. The van der Waals surface area contributed by atoms with Gasteiger partial charge in [-0.3, -0.25) is 0 Å². The topological polar surface area (TPSA) is 12.5 Å². The molecule has 0 saturated carbocycles. The minimum atomic E-state index is -0.612. The fourth-order valence-corrected chi connectivity index (χ4v) is 9.17. The van der Waals surface area contributed by atoms with Crippen LogP contribution in [0.3, 0.4) is 0 Å². The summed E-state index contributed by atoms with van der Waals surface area (Å²) in [6.07, 6.45) is 0. The van der Waals surface area contributed by atoms with E-state index in [1.165, 1.54) is 42.4 Å². The molecule has 0 unspecified atom stereocenters. The van der Waals surface area contributed by atoms with Gasteiger partial charge in [0.1, 0.15) is 11.5 Å². The molecule has 0 fully saturated rings. The highest BCUT2D eigenvalue weighted by molar-refractivity contribution is 7.25. The van der Waals surface area contributed by atoms with Gasteiger partial charge in [-0.2, -0.15) is 0 Å². The van der Waals surface area contributed by atoms with Crippen molar-refractivity contribution in [2.75, 3.05) is 4.90 Å². The monoisotopic (exact) mass is 683 g/mol. The van der Waals surface area contributed by atoms with Crippen LogP contribution >= 0.6 is 11.3 Å². The van der Waals surface area contributed by atoms with Crippen LogP contribution in [0.2, 0.25) is 0 Å². The predicted octanol–water partition coefficient (Wildman–Crippen LogP) is 13.7. The Bertz CT molecular complexity index is 2670. The number of hydrogen-bond acceptors (Lipinski definition) is 3. The second-order valence-electron chi connectivity index (χ2n) is 13.3. The number of fused-ring (bicyclic) bond motifs is 5. The lowest BCUT2D eigenvalue weighted by Crippen LogP contribution is -2.34. The van der Waals surface area contributed by atoms with Crippen LogP contribution in [-0.4, -0.2) is 0 Å². The van der Waals surface area contributed by atoms with Crippen molar-refractivity contribution in [2.24, 2.45) is 0 Å². The second kappa shape index (κ2) is 12.4. The van der Waals surface area contributed by atoms with Crippen molar-refractivity contribution in [3.63, 3.8) is 0 Å². The first kappa shape index (κ1) is 30.4. The smallest absolute Gasteiger partial charge is 0.132 e. The lowest BCUT2D eigenvalue weighted by Gasteiger charge is -2.42. The van der Waals surface area contributed by atoms with Crippen molar-refractivity contribution in [1.29, 1.82) is 0 Å². The van der Waals surface area contributed by atoms with Crippen LogP contribution in [-0.2, 0) is 5.41 Å². The highest BCUT2D eigenvalue weighted by Gasteiger charge is 2.45. The molecule has 0 saturated heterocycles. The average molecular weight is 684 g/mol. The number of rotatable bonds is 6. The fraction of sp³-hybridized carbons (Fsp3) is 0.0204. The van der Waals surface area contributed by atoms with E-state index >= 15 is 0 Å². The van der Waals surface area contributed by atoms with Gasteiger partial charge in [-0.05, 0) is 82.9 Å². The maximum absolute atomic E-state index is 6.60. The minimum Gasteiger partial charge on any atom is -0.457 e. The van der Waals surface area contributed by atoms with Gasteiger partial charge in [-0.1, -0.05) is 140 Å². The second-order valence-corrected chi connectivity index (χ2v) is 14.4. The number of hydrogen-bond donors (Lipinski definition) is 0. The van der Waals surface area contributed by atoms with Crippen LogP contribution < -0.4 is 9.64 Å². The number of ether oxygens (including phenoxy) is 1. The molecule has 0 bridgehead atoms. The first-order valence-corrected chi connectivity index (χ1v) is 18.5. The van der Waals surface area contributed by atoms with E-state index in [9.17, 15) is 0 Å². The summed E-state index contributed by atoms with van der Waals surface area (Å²) in [5, 5.41) is 2.56. The van der Waals surface area contributed by atoms with Crippen molar-refractivity contribution in [3.05, 3.63) is 222 Å². The molecule has 8 aromatic carbocycles. The summed E-state index contributed by atoms with van der Waals surface area (Å²) < 4.78 is 9.19. The maximum atomic E-state index is 6.60. The molecule has 0 radical (unpaired) electrons. The standard InChI is InChI=1S/C49H33NOS/c1-3-14-34(15-4-1)35-26-28-38(29-27-35)50(40-30-31-48-42(33-40)41-20-7-12-25-47(41)52-48)39-19-13-18-37(32-39)49(36-16-5-2-6-17-36)43-21-8-10-23-45(43)51-46-24-11-9-22-44(46)49/h1-33H. The Morgan fingerprint density at radius 3 is 1.69 bits per heavy atom. The van der Waals surface area contributed by atoms with Gasteiger partial charge in [-0.15, -0.1) is 11.3 Å². The van der Waals surface area contributed by atoms with Crippen LogP contribution in [0.1, 0.15) is 22.3 Å². The molecule has 0 spiro atoms. The minimum absolute atomic E-state index is 0.612. The van der Waals surface area contributed by atoms with Crippen LogP contribution in [0.25, 0.3) is 31.3 Å². The Hall–Kier alpha value is -6.42. The number of anilines is 3. The van der Waals surface area contributed by atoms with E-state index < -0.39 is 5.41 Å². The molecule has 0 N–H and O–H groups in total. The maximum Gasteiger partial charge on any atom is 0.132 e. The summed E-state index contributed by atoms with van der Waals surface area (Å²) in [6, 6.07) is 72.1. The van der Waals surface area contributed by atoms with Crippen molar-refractivity contribution < 1.29 is 4.74 Å². The van der Waals surface area contributed by atoms with E-state index in [4.69, 9.17) is 4.74 Å². The van der Waals surface area contributed by atoms with Gasteiger partial charge in [0.15, 0.2) is 0 Å². The van der Waals surface area contributed by atoms with E-state index in [0.29, 0.717) is 0 Å². The molecule has 1 aromatic heterocycles. The molecule has 0 aliphatic carbocycles. The van der Waals surface area contributed by atoms with Crippen LogP contribution in [0, 0.1) is 0 Å². The number of para-hydroxylation sites is 2. The number of benzene rings is 8. The summed E-state index contributed by atoms with van der Waals surface area (Å²) in [7, 11) is 0. The fourth-order valence-electron chi connectivity index (χ4n) is 8.08. The normalized spacial score (nSPS) is 12.9. The highest BCUT2D eigenvalue weighted by Crippen LogP contribution is 2.56. The van der Waals surface area contributed by atoms with E-state index in [1.54, 1.807) is 0 Å². The van der Waals surface area contributed by atoms with Crippen LogP contribution in [0.15, 0.2) is 200 Å².